The van der Waals surface area contributed by atoms with Crippen molar-refractivity contribution in [2.75, 3.05) is 7.11 Å². The first-order chi connectivity index (χ1) is 11.1. The van der Waals surface area contributed by atoms with Crippen molar-refractivity contribution in [1.82, 2.24) is 5.32 Å². The molecule has 120 valence electrons. The largest absolute Gasteiger partial charge is 0.497 e. The molecule has 0 unspecified atom stereocenters. The van der Waals surface area contributed by atoms with E-state index < -0.39 is 0 Å². The number of carbonyl (C=O) groups is 1. The van der Waals surface area contributed by atoms with Gasteiger partial charge in [0.05, 0.1) is 13.7 Å². The summed E-state index contributed by atoms with van der Waals surface area (Å²) in [6.45, 7) is 2.25. The maximum absolute atomic E-state index is 12.0. The van der Waals surface area contributed by atoms with Crippen molar-refractivity contribution in [2.24, 2.45) is 0 Å². The first kappa shape index (κ1) is 16.8. The zero-order chi connectivity index (χ0) is 16.7. The van der Waals surface area contributed by atoms with E-state index in [4.69, 9.17) is 4.74 Å². The van der Waals surface area contributed by atoms with Crippen LogP contribution in [0.4, 0.5) is 0 Å². The Kier molecular flexibility index (Phi) is 5.94. The molecule has 0 aliphatic heterocycles. The van der Waals surface area contributed by atoms with Crippen LogP contribution in [0.3, 0.4) is 0 Å². The number of amides is 1. The van der Waals surface area contributed by atoms with E-state index in [1.54, 1.807) is 13.2 Å². The minimum absolute atomic E-state index is 0.0350. The monoisotopic (exact) mass is 311 g/mol. The Hall–Kier alpha value is -2.59. The van der Waals surface area contributed by atoms with Crippen molar-refractivity contribution in [1.29, 1.82) is 0 Å². The second-order valence-corrected chi connectivity index (χ2v) is 5.20. The summed E-state index contributed by atoms with van der Waals surface area (Å²) in [5.74, 6) is 0.623. The highest BCUT2D eigenvalue weighted by molar-refractivity contribution is 5.94. The number of hydrogen-bond donors (Lipinski definition) is 2. The molecule has 0 aromatic heterocycles. The molecular formula is C19H21NO3. The molecule has 1 amide bonds. The Morgan fingerprint density at radius 2 is 1.78 bits per heavy atom. The van der Waals surface area contributed by atoms with Gasteiger partial charge in [-0.3, -0.25) is 4.79 Å². The minimum Gasteiger partial charge on any atom is -0.497 e. The summed E-state index contributed by atoms with van der Waals surface area (Å²) in [5.41, 5.74) is 3.58. The Balaban J connectivity index is 1.99. The van der Waals surface area contributed by atoms with Gasteiger partial charge in [-0.25, -0.2) is 0 Å². The number of ether oxygens (including phenoxy) is 1. The summed E-state index contributed by atoms with van der Waals surface area (Å²) in [4.78, 5) is 12.0. The second-order valence-electron chi connectivity index (χ2n) is 5.20. The Morgan fingerprint density at radius 3 is 2.39 bits per heavy atom. The van der Waals surface area contributed by atoms with Gasteiger partial charge < -0.3 is 15.2 Å². The number of benzene rings is 2. The lowest BCUT2D eigenvalue weighted by Crippen LogP contribution is -2.21. The Morgan fingerprint density at radius 1 is 1.13 bits per heavy atom. The quantitative estimate of drug-likeness (QED) is 0.807. The number of allylic oxidation sites excluding steroid dienone is 1. The highest BCUT2D eigenvalue weighted by Crippen LogP contribution is 2.18. The fraction of sp³-hybridized carbons (Fsp3) is 0.211. The fourth-order valence-electron chi connectivity index (χ4n) is 2.25. The van der Waals surface area contributed by atoms with Gasteiger partial charge >= 0.3 is 0 Å². The van der Waals surface area contributed by atoms with Gasteiger partial charge in [0.1, 0.15) is 5.75 Å². The summed E-state index contributed by atoms with van der Waals surface area (Å²) in [6.07, 6.45) is 1.57. The van der Waals surface area contributed by atoms with E-state index in [-0.39, 0.29) is 12.5 Å². The van der Waals surface area contributed by atoms with Crippen LogP contribution in [-0.2, 0) is 17.9 Å². The average Bonchev–Trinajstić information content (AvgIpc) is 2.60. The molecule has 2 rings (SSSR count). The number of methoxy groups -OCH3 is 1. The van der Waals surface area contributed by atoms with Gasteiger partial charge in [0.15, 0.2) is 0 Å². The van der Waals surface area contributed by atoms with Crippen LogP contribution >= 0.6 is 0 Å². The van der Waals surface area contributed by atoms with Crippen LogP contribution in [0, 0.1) is 0 Å². The first-order valence-corrected chi connectivity index (χ1v) is 7.42. The molecule has 0 heterocycles. The van der Waals surface area contributed by atoms with E-state index >= 15 is 0 Å². The SMILES string of the molecule is COc1ccc(/C(C)=C/C(=O)NCc2ccccc2CO)cc1. The number of carbonyl (C=O) groups excluding carboxylic acids is 1. The molecule has 0 aliphatic rings. The molecule has 0 saturated carbocycles. The summed E-state index contributed by atoms with van der Waals surface area (Å²) in [7, 11) is 1.62. The van der Waals surface area contributed by atoms with E-state index in [0.29, 0.717) is 6.54 Å². The molecule has 4 nitrogen and oxygen atoms in total. The molecular weight excluding hydrogens is 290 g/mol. The number of hydrogen-bond acceptors (Lipinski definition) is 3. The van der Waals surface area contributed by atoms with E-state index in [1.165, 1.54) is 0 Å². The lowest BCUT2D eigenvalue weighted by Gasteiger charge is -2.08. The highest BCUT2D eigenvalue weighted by Gasteiger charge is 2.04. The normalized spacial score (nSPS) is 11.2. The molecule has 2 aromatic carbocycles. The summed E-state index contributed by atoms with van der Waals surface area (Å²) in [5, 5.41) is 12.1. The predicted molar refractivity (Wildman–Crippen MR) is 90.9 cm³/mol. The number of nitrogens with one attached hydrogen (secondary N) is 1. The van der Waals surface area contributed by atoms with Crippen molar-refractivity contribution in [3.8, 4) is 5.75 Å². The van der Waals surface area contributed by atoms with Crippen molar-refractivity contribution in [3.05, 3.63) is 71.3 Å². The first-order valence-electron chi connectivity index (χ1n) is 7.42. The molecule has 0 spiro atoms. The van der Waals surface area contributed by atoms with Crippen LogP contribution in [-0.4, -0.2) is 18.1 Å². The van der Waals surface area contributed by atoms with E-state index in [1.807, 2.05) is 55.5 Å². The van der Waals surface area contributed by atoms with Gasteiger partial charge in [-0.2, -0.15) is 0 Å². The summed E-state index contributed by atoms with van der Waals surface area (Å²) >= 11 is 0. The minimum atomic E-state index is -0.161. The van der Waals surface area contributed by atoms with Crippen LogP contribution < -0.4 is 10.1 Å². The summed E-state index contributed by atoms with van der Waals surface area (Å²) < 4.78 is 5.12. The fourth-order valence-corrected chi connectivity index (χ4v) is 2.25. The molecule has 2 aromatic rings. The molecule has 0 fully saturated rings. The molecule has 0 radical (unpaired) electrons. The van der Waals surface area contributed by atoms with Crippen LogP contribution in [0.2, 0.25) is 0 Å². The van der Waals surface area contributed by atoms with E-state index in [2.05, 4.69) is 5.32 Å². The van der Waals surface area contributed by atoms with Gasteiger partial charge in [-0.1, -0.05) is 36.4 Å². The van der Waals surface area contributed by atoms with Crippen LogP contribution in [0.1, 0.15) is 23.6 Å². The lowest BCUT2D eigenvalue weighted by atomic mass is 10.1. The number of aliphatic hydroxyl groups is 1. The van der Waals surface area contributed by atoms with Crippen LogP contribution in [0.15, 0.2) is 54.6 Å². The van der Waals surface area contributed by atoms with Gasteiger partial charge in [0, 0.05) is 12.6 Å². The van der Waals surface area contributed by atoms with Gasteiger partial charge in [-0.05, 0) is 41.3 Å². The number of aliphatic hydroxyl groups excluding tert-OH is 1. The zero-order valence-corrected chi connectivity index (χ0v) is 13.4. The lowest BCUT2D eigenvalue weighted by molar-refractivity contribution is -0.116. The highest BCUT2D eigenvalue weighted by atomic mass is 16.5. The third kappa shape index (κ3) is 4.69. The predicted octanol–water partition coefficient (Wildman–Crippen LogP) is 2.91. The molecule has 23 heavy (non-hydrogen) atoms. The Labute approximate surface area is 136 Å². The average molecular weight is 311 g/mol. The molecule has 2 N–H and O–H groups in total. The maximum Gasteiger partial charge on any atom is 0.244 e. The van der Waals surface area contributed by atoms with Crippen molar-refractivity contribution >= 4 is 11.5 Å². The number of rotatable bonds is 6. The maximum atomic E-state index is 12.0. The van der Waals surface area contributed by atoms with Crippen LogP contribution in [0.5, 0.6) is 5.75 Å². The molecule has 0 bridgehead atoms. The van der Waals surface area contributed by atoms with Gasteiger partial charge in [0.2, 0.25) is 5.91 Å². The third-order valence-electron chi connectivity index (χ3n) is 3.63. The molecule has 4 heteroatoms. The standard InChI is InChI=1S/C19H21NO3/c1-14(15-7-9-18(23-2)10-8-15)11-19(22)20-12-16-5-3-4-6-17(16)13-21/h3-11,21H,12-13H2,1-2H3,(H,20,22)/b14-11+. The van der Waals surface area contributed by atoms with E-state index in [0.717, 1.165) is 28.0 Å². The van der Waals surface area contributed by atoms with E-state index in [9.17, 15) is 9.90 Å². The van der Waals surface area contributed by atoms with Gasteiger partial charge in [0.25, 0.3) is 0 Å². The van der Waals surface area contributed by atoms with Crippen LogP contribution in [0.25, 0.3) is 5.57 Å². The molecule has 0 saturated heterocycles. The molecule has 0 atom stereocenters. The zero-order valence-electron chi connectivity index (χ0n) is 13.4. The van der Waals surface area contributed by atoms with Crippen molar-refractivity contribution in [2.45, 2.75) is 20.1 Å². The Bertz CT molecular complexity index is 690. The second kappa shape index (κ2) is 8.15. The summed E-state index contributed by atoms with van der Waals surface area (Å²) in [6, 6.07) is 15.1. The topological polar surface area (TPSA) is 58.6 Å². The molecule has 0 aliphatic carbocycles. The third-order valence-corrected chi connectivity index (χ3v) is 3.63. The van der Waals surface area contributed by atoms with Crippen molar-refractivity contribution < 1.29 is 14.6 Å². The van der Waals surface area contributed by atoms with Crippen molar-refractivity contribution in [3.63, 3.8) is 0 Å². The van der Waals surface area contributed by atoms with Gasteiger partial charge in [-0.15, -0.1) is 0 Å². The smallest absolute Gasteiger partial charge is 0.244 e.